The SMILES string of the molecule is CC(F)c1cc2c(cc1C1(N)CCCCC1)OCCCO2. The van der Waals surface area contributed by atoms with E-state index in [2.05, 4.69) is 0 Å². The number of nitrogens with two attached hydrogens (primary N) is 1. The van der Waals surface area contributed by atoms with E-state index in [0.29, 0.717) is 30.3 Å². The minimum absolute atomic E-state index is 0.432. The zero-order valence-corrected chi connectivity index (χ0v) is 12.7. The Morgan fingerprint density at radius 3 is 2.29 bits per heavy atom. The van der Waals surface area contributed by atoms with E-state index in [1.54, 1.807) is 13.0 Å². The van der Waals surface area contributed by atoms with Gasteiger partial charge in [-0.25, -0.2) is 4.39 Å². The summed E-state index contributed by atoms with van der Waals surface area (Å²) in [7, 11) is 0. The quantitative estimate of drug-likeness (QED) is 0.896. The van der Waals surface area contributed by atoms with Crippen molar-refractivity contribution in [2.75, 3.05) is 13.2 Å². The fourth-order valence-electron chi connectivity index (χ4n) is 3.44. The number of ether oxygens (including phenoxy) is 2. The molecule has 0 saturated heterocycles. The van der Waals surface area contributed by atoms with Crippen LogP contribution in [0.2, 0.25) is 0 Å². The topological polar surface area (TPSA) is 44.5 Å². The Hall–Kier alpha value is -1.29. The van der Waals surface area contributed by atoms with Crippen LogP contribution in [-0.2, 0) is 5.54 Å². The zero-order valence-electron chi connectivity index (χ0n) is 12.7. The maximum atomic E-state index is 14.1. The van der Waals surface area contributed by atoms with Gasteiger partial charge in [-0.05, 0) is 43.0 Å². The largest absolute Gasteiger partial charge is 0.490 e. The van der Waals surface area contributed by atoms with Crippen molar-refractivity contribution in [3.8, 4) is 11.5 Å². The van der Waals surface area contributed by atoms with Gasteiger partial charge < -0.3 is 15.2 Å². The summed E-state index contributed by atoms with van der Waals surface area (Å²) in [6.45, 7) is 2.81. The Morgan fingerprint density at radius 2 is 1.67 bits per heavy atom. The molecule has 3 rings (SSSR count). The molecular weight excluding hydrogens is 269 g/mol. The van der Waals surface area contributed by atoms with Gasteiger partial charge >= 0.3 is 0 Å². The Morgan fingerprint density at radius 1 is 1.05 bits per heavy atom. The zero-order chi connectivity index (χ0) is 14.9. The van der Waals surface area contributed by atoms with Crippen molar-refractivity contribution in [3.63, 3.8) is 0 Å². The molecule has 1 saturated carbocycles. The van der Waals surface area contributed by atoms with E-state index in [1.807, 2.05) is 6.07 Å². The first kappa shape index (κ1) is 14.6. The summed E-state index contributed by atoms with van der Waals surface area (Å²) in [4.78, 5) is 0. The highest BCUT2D eigenvalue weighted by molar-refractivity contribution is 5.51. The van der Waals surface area contributed by atoms with Gasteiger partial charge in [0.15, 0.2) is 11.5 Å². The Kier molecular flexibility index (Phi) is 4.07. The molecule has 1 unspecified atom stereocenters. The second-order valence-electron chi connectivity index (χ2n) is 6.27. The van der Waals surface area contributed by atoms with Crippen molar-refractivity contribution in [3.05, 3.63) is 23.3 Å². The highest BCUT2D eigenvalue weighted by Gasteiger charge is 2.34. The van der Waals surface area contributed by atoms with Crippen LogP contribution in [0.3, 0.4) is 0 Å². The third kappa shape index (κ3) is 2.86. The van der Waals surface area contributed by atoms with E-state index >= 15 is 0 Å². The van der Waals surface area contributed by atoms with E-state index in [4.69, 9.17) is 15.2 Å². The number of alkyl halides is 1. The molecule has 21 heavy (non-hydrogen) atoms. The molecule has 1 aromatic rings. The Balaban J connectivity index is 2.07. The van der Waals surface area contributed by atoms with Crippen molar-refractivity contribution in [2.24, 2.45) is 5.73 Å². The molecular formula is C17H24FNO2. The second-order valence-corrected chi connectivity index (χ2v) is 6.27. The van der Waals surface area contributed by atoms with E-state index in [-0.39, 0.29) is 0 Å². The number of hydrogen-bond donors (Lipinski definition) is 1. The van der Waals surface area contributed by atoms with Gasteiger partial charge in [0.05, 0.1) is 13.2 Å². The smallest absolute Gasteiger partial charge is 0.161 e. The molecule has 116 valence electrons. The fourth-order valence-corrected chi connectivity index (χ4v) is 3.44. The normalized spacial score (nSPS) is 22.4. The van der Waals surface area contributed by atoms with Crippen LogP contribution in [0.5, 0.6) is 11.5 Å². The van der Waals surface area contributed by atoms with Crippen LogP contribution in [0.15, 0.2) is 12.1 Å². The van der Waals surface area contributed by atoms with Gasteiger partial charge in [0, 0.05) is 12.0 Å². The lowest BCUT2D eigenvalue weighted by molar-refractivity contribution is 0.286. The van der Waals surface area contributed by atoms with Gasteiger partial charge in [-0.15, -0.1) is 0 Å². The molecule has 0 bridgehead atoms. The number of hydrogen-bond acceptors (Lipinski definition) is 3. The van der Waals surface area contributed by atoms with Gasteiger partial charge in [-0.1, -0.05) is 19.3 Å². The van der Waals surface area contributed by atoms with Crippen molar-refractivity contribution < 1.29 is 13.9 Å². The van der Waals surface area contributed by atoms with Crippen molar-refractivity contribution in [1.82, 2.24) is 0 Å². The highest BCUT2D eigenvalue weighted by Crippen LogP contribution is 2.44. The minimum atomic E-state index is -1.06. The summed E-state index contributed by atoms with van der Waals surface area (Å²) in [5, 5.41) is 0. The first-order valence-electron chi connectivity index (χ1n) is 7.97. The molecule has 0 spiro atoms. The number of rotatable bonds is 2. The summed E-state index contributed by atoms with van der Waals surface area (Å²) < 4.78 is 25.6. The maximum Gasteiger partial charge on any atom is 0.161 e. The van der Waals surface area contributed by atoms with Gasteiger partial charge in [-0.2, -0.15) is 0 Å². The summed E-state index contributed by atoms with van der Waals surface area (Å²) in [6, 6.07) is 3.72. The van der Waals surface area contributed by atoms with E-state index in [0.717, 1.165) is 37.7 Å². The van der Waals surface area contributed by atoms with Gasteiger partial charge in [0.25, 0.3) is 0 Å². The average molecular weight is 293 g/mol. The molecule has 2 N–H and O–H groups in total. The number of fused-ring (bicyclic) bond motifs is 1. The standard InChI is InChI=1S/C17H24FNO2/c1-12(18)13-10-15-16(21-9-5-8-20-15)11-14(13)17(19)6-3-2-4-7-17/h10-12H,2-9,19H2,1H3. The third-order valence-corrected chi connectivity index (χ3v) is 4.63. The first-order chi connectivity index (χ1) is 10.1. The van der Waals surface area contributed by atoms with E-state index in [1.165, 1.54) is 6.42 Å². The molecule has 2 aliphatic rings. The van der Waals surface area contributed by atoms with Crippen molar-refractivity contribution in [2.45, 2.75) is 57.2 Å². The number of benzene rings is 1. The van der Waals surface area contributed by atoms with Crippen LogP contribution >= 0.6 is 0 Å². The second kappa shape index (κ2) is 5.84. The third-order valence-electron chi connectivity index (χ3n) is 4.63. The van der Waals surface area contributed by atoms with Crippen molar-refractivity contribution in [1.29, 1.82) is 0 Å². The van der Waals surface area contributed by atoms with Gasteiger partial charge in [0.1, 0.15) is 6.17 Å². The number of halogens is 1. The van der Waals surface area contributed by atoms with Crippen LogP contribution in [0.1, 0.15) is 62.7 Å². The molecule has 1 heterocycles. The summed E-state index contributed by atoms with van der Waals surface area (Å²) >= 11 is 0. The van der Waals surface area contributed by atoms with E-state index in [9.17, 15) is 4.39 Å². The van der Waals surface area contributed by atoms with Gasteiger partial charge in [-0.3, -0.25) is 0 Å². The van der Waals surface area contributed by atoms with Crippen LogP contribution in [0.4, 0.5) is 4.39 Å². The highest BCUT2D eigenvalue weighted by atomic mass is 19.1. The summed E-state index contributed by atoms with van der Waals surface area (Å²) in [5.41, 5.74) is 7.76. The van der Waals surface area contributed by atoms with E-state index < -0.39 is 11.7 Å². The Bertz CT molecular complexity index is 510. The first-order valence-corrected chi connectivity index (χ1v) is 7.97. The molecule has 3 nitrogen and oxygen atoms in total. The molecule has 1 aromatic carbocycles. The molecule has 1 atom stereocenters. The van der Waals surface area contributed by atoms with Crippen LogP contribution in [0.25, 0.3) is 0 Å². The molecule has 1 aliphatic carbocycles. The predicted molar refractivity (Wildman–Crippen MR) is 80.5 cm³/mol. The Labute approximate surface area is 125 Å². The van der Waals surface area contributed by atoms with Crippen LogP contribution < -0.4 is 15.2 Å². The lowest BCUT2D eigenvalue weighted by atomic mass is 9.75. The fraction of sp³-hybridized carbons (Fsp3) is 0.647. The van der Waals surface area contributed by atoms with Crippen molar-refractivity contribution >= 4 is 0 Å². The maximum absolute atomic E-state index is 14.1. The summed E-state index contributed by atoms with van der Waals surface area (Å²) in [6.07, 6.45) is 5.02. The lowest BCUT2D eigenvalue weighted by Gasteiger charge is -2.36. The predicted octanol–water partition coefficient (Wildman–Crippen LogP) is 4.00. The average Bonchev–Trinajstić information content (AvgIpc) is 2.71. The van der Waals surface area contributed by atoms with Crippen LogP contribution in [0, 0.1) is 0 Å². The molecule has 0 radical (unpaired) electrons. The minimum Gasteiger partial charge on any atom is -0.490 e. The molecule has 4 heteroatoms. The monoisotopic (exact) mass is 293 g/mol. The lowest BCUT2D eigenvalue weighted by Crippen LogP contribution is -2.39. The molecule has 1 fully saturated rings. The molecule has 1 aliphatic heterocycles. The molecule has 0 aromatic heterocycles. The molecule has 0 amide bonds. The van der Waals surface area contributed by atoms with Gasteiger partial charge in [0.2, 0.25) is 0 Å². The van der Waals surface area contributed by atoms with Crippen LogP contribution in [-0.4, -0.2) is 13.2 Å². The summed E-state index contributed by atoms with van der Waals surface area (Å²) in [5.74, 6) is 1.36.